The Bertz CT molecular complexity index is 651. The number of aromatic nitrogens is 1. The van der Waals surface area contributed by atoms with Crippen LogP contribution in [0.2, 0.25) is 5.02 Å². The van der Waals surface area contributed by atoms with Gasteiger partial charge in [-0.15, -0.1) is 0 Å². The fraction of sp³-hybridized carbons (Fsp3) is 0.412. The highest BCUT2D eigenvalue weighted by molar-refractivity contribution is 6.30. The number of aryl methyl sites for hydroxylation is 1. The molecule has 4 nitrogen and oxygen atoms in total. The van der Waals surface area contributed by atoms with E-state index in [1.54, 1.807) is 0 Å². The van der Waals surface area contributed by atoms with Crippen molar-refractivity contribution in [3.8, 4) is 0 Å². The zero-order valence-corrected chi connectivity index (χ0v) is 13.3. The number of nitrogens with zero attached hydrogens (tertiary/aromatic N) is 2. The van der Waals surface area contributed by atoms with Crippen molar-refractivity contribution in [2.45, 2.75) is 38.6 Å². The minimum atomic E-state index is 0.0209. The molecule has 0 bridgehead atoms. The van der Waals surface area contributed by atoms with E-state index >= 15 is 0 Å². The van der Waals surface area contributed by atoms with E-state index in [1.165, 1.54) is 0 Å². The molecule has 116 valence electrons. The van der Waals surface area contributed by atoms with Crippen LogP contribution in [0.1, 0.15) is 42.8 Å². The van der Waals surface area contributed by atoms with E-state index in [0.717, 1.165) is 42.8 Å². The van der Waals surface area contributed by atoms with Crippen LogP contribution >= 0.6 is 11.6 Å². The van der Waals surface area contributed by atoms with Crippen molar-refractivity contribution in [2.75, 3.05) is 6.54 Å². The molecule has 22 heavy (non-hydrogen) atoms. The van der Waals surface area contributed by atoms with Gasteiger partial charge in [0.2, 0.25) is 5.91 Å². The van der Waals surface area contributed by atoms with Crippen LogP contribution in [0.4, 0.5) is 0 Å². The summed E-state index contributed by atoms with van der Waals surface area (Å²) in [5.41, 5.74) is 1.92. The second-order valence-corrected chi connectivity index (χ2v) is 6.06. The van der Waals surface area contributed by atoms with Crippen LogP contribution in [0.3, 0.4) is 0 Å². The molecule has 0 spiro atoms. The minimum absolute atomic E-state index is 0.0209. The van der Waals surface area contributed by atoms with Gasteiger partial charge in [-0.05, 0) is 37.0 Å². The summed E-state index contributed by atoms with van der Waals surface area (Å²) in [5.74, 6) is 0.929. The topological polar surface area (TPSA) is 46.3 Å². The fourth-order valence-corrected chi connectivity index (χ4v) is 3.02. The SMILES string of the molecule is CCc1cc([C@@H]2CCCN2C(=O)Cc2ccc(Cl)cc2)on1. The Hall–Kier alpha value is -1.81. The maximum Gasteiger partial charge on any atom is 0.227 e. The largest absolute Gasteiger partial charge is 0.359 e. The van der Waals surface area contributed by atoms with Gasteiger partial charge in [0, 0.05) is 17.6 Å². The normalized spacial score (nSPS) is 17.9. The van der Waals surface area contributed by atoms with Crippen molar-refractivity contribution in [3.63, 3.8) is 0 Å². The van der Waals surface area contributed by atoms with Crippen molar-refractivity contribution >= 4 is 17.5 Å². The molecule has 1 aliphatic heterocycles. The smallest absolute Gasteiger partial charge is 0.227 e. The van der Waals surface area contributed by atoms with E-state index < -0.39 is 0 Å². The van der Waals surface area contributed by atoms with E-state index in [9.17, 15) is 4.79 Å². The van der Waals surface area contributed by atoms with Crippen molar-refractivity contribution in [2.24, 2.45) is 0 Å². The lowest BCUT2D eigenvalue weighted by Crippen LogP contribution is -2.31. The first-order valence-corrected chi connectivity index (χ1v) is 8.04. The Morgan fingerprint density at radius 2 is 2.18 bits per heavy atom. The standard InChI is InChI=1S/C17H19ClN2O2/c1-2-14-11-16(22-19-14)15-4-3-9-20(15)17(21)10-12-5-7-13(18)8-6-12/h5-8,11,15H,2-4,9-10H2,1H3/t15-/m0/s1. The summed E-state index contributed by atoms with van der Waals surface area (Å²) in [5, 5.41) is 4.72. The van der Waals surface area contributed by atoms with Gasteiger partial charge in [0.1, 0.15) is 0 Å². The summed E-state index contributed by atoms with van der Waals surface area (Å²) in [6.45, 7) is 2.82. The lowest BCUT2D eigenvalue weighted by atomic mass is 10.1. The van der Waals surface area contributed by atoms with Gasteiger partial charge in [0.15, 0.2) is 5.76 Å². The van der Waals surface area contributed by atoms with E-state index in [1.807, 2.05) is 42.2 Å². The molecule has 1 aromatic heterocycles. The van der Waals surface area contributed by atoms with Gasteiger partial charge in [0.05, 0.1) is 18.2 Å². The van der Waals surface area contributed by atoms with Crippen LogP contribution in [0, 0.1) is 0 Å². The quantitative estimate of drug-likeness (QED) is 0.861. The van der Waals surface area contributed by atoms with Crippen molar-refractivity contribution in [1.82, 2.24) is 10.1 Å². The molecule has 0 aliphatic carbocycles. The van der Waals surface area contributed by atoms with Gasteiger partial charge in [-0.25, -0.2) is 0 Å². The molecule has 5 heteroatoms. The number of hydrogen-bond acceptors (Lipinski definition) is 3. The van der Waals surface area contributed by atoms with Crippen LogP contribution in [0.5, 0.6) is 0 Å². The van der Waals surface area contributed by atoms with Crippen LogP contribution in [0.15, 0.2) is 34.9 Å². The monoisotopic (exact) mass is 318 g/mol. The highest BCUT2D eigenvalue weighted by Gasteiger charge is 2.32. The summed E-state index contributed by atoms with van der Waals surface area (Å²) >= 11 is 5.88. The lowest BCUT2D eigenvalue weighted by Gasteiger charge is -2.22. The number of carbonyl (C=O) groups is 1. The highest BCUT2D eigenvalue weighted by Crippen LogP contribution is 2.32. The van der Waals surface area contributed by atoms with E-state index in [0.29, 0.717) is 11.4 Å². The third-order valence-electron chi connectivity index (χ3n) is 4.11. The molecule has 1 aliphatic rings. The van der Waals surface area contributed by atoms with Crippen LogP contribution in [-0.4, -0.2) is 22.5 Å². The van der Waals surface area contributed by atoms with Crippen molar-refractivity contribution < 1.29 is 9.32 Å². The Kier molecular flexibility index (Phi) is 4.48. The zero-order valence-electron chi connectivity index (χ0n) is 12.6. The van der Waals surface area contributed by atoms with E-state index in [2.05, 4.69) is 5.16 Å². The van der Waals surface area contributed by atoms with Crippen LogP contribution < -0.4 is 0 Å². The average molecular weight is 319 g/mol. The highest BCUT2D eigenvalue weighted by atomic mass is 35.5. The average Bonchev–Trinajstić information content (AvgIpc) is 3.17. The third-order valence-corrected chi connectivity index (χ3v) is 4.36. The van der Waals surface area contributed by atoms with Gasteiger partial charge in [-0.1, -0.05) is 35.8 Å². The molecule has 0 unspecified atom stereocenters. The Morgan fingerprint density at radius 1 is 1.41 bits per heavy atom. The summed E-state index contributed by atoms with van der Waals surface area (Å²) < 4.78 is 5.42. The predicted octanol–water partition coefficient (Wildman–Crippen LogP) is 3.80. The number of carbonyl (C=O) groups excluding carboxylic acids is 1. The third kappa shape index (κ3) is 3.17. The van der Waals surface area contributed by atoms with Gasteiger partial charge in [-0.3, -0.25) is 4.79 Å². The summed E-state index contributed by atoms with van der Waals surface area (Å²) in [7, 11) is 0. The molecule has 0 saturated carbocycles. The van der Waals surface area contributed by atoms with Crippen molar-refractivity contribution in [3.05, 3.63) is 52.4 Å². The first-order chi connectivity index (χ1) is 10.7. The summed E-state index contributed by atoms with van der Waals surface area (Å²) in [6, 6.07) is 9.42. The molecule has 3 rings (SSSR count). The number of hydrogen-bond donors (Lipinski definition) is 0. The van der Waals surface area contributed by atoms with Gasteiger partial charge in [-0.2, -0.15) is 0 Å². The second-order valence-electron chi connectivity index (χ2n) is 5.62. The number of rotatable bonds is 4. The number of benzene rings is 1. The molecular formula is C17H19ClN2O2. The minimum Gasteiger partial charge on any atom is -0.359 e. The van der Waals surface area contributed by atoms with Gasteiger partial charge in [0.25, 0.3) is 0 Å². The van der Waals surface area contributed by atoms with Crippen molar-refractivity contribution in [1.29, 1.82) is 0 Å². The Balaban J connectivity index is 1.72. The maximum absolute atomic E-state index is 12.6. The molecular weight excluding hydrogens is 300 g/mol. The lowest BCUT2D eigenvalue weighted by molar-refractivity contribution is -0.131. The first-order valence-electron chi connectivity index (χ1n) is 7.66. The van der Waals surface area contributed by atoms with Gasteiger partial charge >= 0.3 is 0 Å². The molecule has 1 amide bonds. The Labute approximate surface area is 135 Å². The molecule has 1 fully saturated rings. The summed E-state index contributed by atoms with van der Waals surface area (Å²) in [6.07, 6.45) is 3.17. The van der Waals surface area contributed by atoms with Gasteiger partial charge < -0.3 is 9.42 Å². The predicted molar refractivity (Wildman–Crippen MR) is 84.7 cm³/mol. The second kappa shape index (κ2) is 6.53. The van der Waals surface area contributed by atoms with E-state index in [4.69, 9.17) is 16.1 Å². The summed E-state index contributed by atoms with van der Waals surface area (Å²) in [4.78, 5) is 14.5. The maximum atomic E-state index is 12.6. The van der Waals surface area contributed by atoms with Crippen LogP contribution in [0.25, 0.3) is 0 Å². The molecule has 2 aromatic rings. The molecule has 0 radical (unpaired) electrons. The molecule has 1 atom stereocenters. The van der Waals surface area contributed by atoms with Crippen LogP contribution in [-0.2, 0) is 17.6 Å². The molecule has 0 N–H and O–H groups in total. The molecule has 2 heterocycles. The first kappa shape index (κ1) is 15.1. The molecule has 1 saturated heterocycles. The molecule has 1 aromatic carbocycles. The zero-order chi connectivity index (χ0) is 15.5. The number of amides is 1. The van der Waals surface area contributed by atoms with E-state index in [-0.39, 0.29) is 11.9 Å². The Morgan fingerprint density at radius 3 is 2.86 bits per heavy atom. The number of likely N-dealkylation sites (tertiary alicyclic amines) is 1. The fourth-order valence-electron chi connectivity index (χ4n) is 2.89. The number of halogens is 1.